The van der Waals surface area contributed by atoms with Crippen molar-refractivity contribution >= 4 is 21.6 Å². The summed E-state index contributed by atoms with van der Waals surface area (Å²) in [4.78, 5) is 17.0. The maximum atomic E-state index is 12.6. The number of carbonyl (C=O) groups is 1. The Hall–Kier alpha value is -3.43. The summed E-state index contributed by atoms with van der Waals surface area (Å²) in [6.07, 6.45) is 3.46. The SMILES string of the molecule is O=C(NC[C@@H]1CCCO1)c1cccnc1Oc1cccc(NS(=O)(=O)c2ccccc2)c1. The average molecular weight is 454 g/mol. The minimum atomic E-state index is -3.74. The number of sulfonamides is 1. The van der Waals surface area contributed by atoms with E-state index in [0.29, 0.717) is 24.6 Å². The van der Waals surface area contributed by atoms with Crippen molar-refractivity contribution in [2.75, 3.05) is 17.9 Å². The first-order valence-electron chi connectivity index (χ1n) is 10.2. The van der Waals surface area contributed by atoms with E-state index in [1.807, 2.05) is 0 Å². The second-order valence-corrected chi connectivity index (χ2v) is 8.93. The fraction of sp³-hybridized carbons (Fsp3) is 0.217. The summed E-state index contributed by atoms with van der Waals surface area (Å²) in [5.41, 5.74) is 0.604. The summed E-state index contributed by atoms with van der Waals surface area (Å²) < 4.78 is 39.0. The molecule has 8 nitrogen and oxygen atoms in total. The van der Waals surface area contributed by atoms with Crippen molar-refractivity contribution in [3.05, 3.63) is 78.5 Å². The number of aromatic nitrogens is 1. The molecule has 0 saturated carbocycles. The van der Waals surface area contributed by atoms with Gasteiger partial charge in [-0.15, -0.1) is 0 Å². The standard InChI is InChI=1S/C23H23N3O5S/c27-22(25-16-19-9-6-14-30-19)21-12-5-13-24-23(21)31-18-8-4-7-17(15-18)26-32(28,29)20-10-2-1-3-11-20/h1-5,7-8,10-13,15,19,26H,6,9,14,16H2,(H,25,27)/t19-/m0/s1. The van der Waals surface area contributed by atoms with Crippen LogP contribution in [0.1, 0.15) is 23.2 Å². The molecule has 32 heavy (non-hydrogen) atoms. The molecule has 2 N–H and O–H groups in total. The zero-order chi connectivity index (χ0) is 22.4. The van der Waals surface area contributed by atoms with Crippen LogP contribution in [0, 0.1) is 0 Å². The Balaban J connectivity index is 1.47. The van der Waals surface area contributed by atoms with E-state index in [2.05, 4.69) is 15.0 Å². The third kappa shape index (κ3) is 5.43. The molecule has 1 aliphatic rings. The summed E-state index contributed by atoms with van der Waals surface area (Å²) in [6.45, 7) is 1.13. The highest BCUT2D eigenvalue weighted by molar-refractivity contribution is 7.92. The molecule has 1 saturated heterocycles. The van der Waals surface area contributed by atoms with Gasteiger partial charge in [0, 0.05) is 25.4 Å². The Morgan fingerprint density at radius 1 is 1.09 bits per heavy atom. The van der Waals surface area contributed by atoms with Crippen molar-refractivity contribution in [3.8, 4) is 11.6 Å². The van der Waals surface area contributed by atoms with E-state index in [0.717, 1.165) is 12.8 Å². The van der Waals surface area contributed by atoms with E-state index < -0.39 is 10.0 Å². The second kappa shape index (κ2) is 9.80. The van der Waals surface area contributed by atoms with E-state index in [4.69, 9.17) is 9.47 Å². The molecule has 1 atom stereocenters. The monoisotopic (exact) mass is 453 g/mol. The molecular weight excluding hydrogens is 430 g/mol. The predicted molar refractivity (Wildman–Crippen MR) is 119 cm³/mol. The highest BCUT2D eigenvalue weighted by Crippen LogP contribution is 2.26. The Kier molecular flexibility index (Phi) is 6.67. The van der Waals surface area contributed by atoms with Crippen LogP contribution in [0.4, 0.5) is 5.69 Å². The Labute approximate surface area is 186 Å². The van der Waals surface area contributed by atoms with Crippen LogP contribution in [0.25, 0.3) is 0 Å². The second-order valence-electron chi connectivity index (χ2n) is 7.25. The van der Waals surface area contributed by atoms with Gasteiger partial charge in [-0.1, -0.05) is 24.3 Å². The van der Waals surface area contributed by atoms with Gasteiger partial charge in [0.2, 0.25) is 5.88 Å². The molecular formula is C23H23N3O5S. The van der Waals surface area contributed by atoms with Crippen LogP contribution in [-0.4, -0.2) is 38.6 Å². The molecule has 0 unspecified atom stereocenters. The van der Waals surface area contributed by atoms with Crippen molar-refractivity contribution in [1.29, 1.82) is 0 Å². The van der Waals surface area contributed by atoms with Gasteiger partial charge in [-0.25, -0.2) is 13.4 Å². The normalized spacial score (nSPS) is 15.8. The van der Waals surface area contributed by atoms with Gasteiger partial charge >= 0.3 is 0 Å². The fourth-order valence-electron chi connectivity index (χ4n) is 3.30. The topological polar surface area (TPSA) is 107 Å². The van der Waals surface area contributed by atoms with Gasteiger partial charge in [0.05, 0.1) is 16.7 Å². The first kappa shape index (κ1) is 21.8. The molecule has 9 heteroatoms. The van der Waals surface area contributed by atoms with E-state index in [-0.39, 0.29) is 28.4 Å². The number of benzene rings is 2. The third-order valence-corrected chi connectivity index (χ3v) is 6.28. The number of nitrogens with zero attached hydrogens (tertiary/aromatic N) is 1. The fourth-order valence-corrected chi connectivity index (χ4v) is 4.37. The Morgan fingerprint density at radius 3 is 2.72 bits per heavy atom. The molecule has 1 fully saturated rings. The van der Waals surface area contributed by atoms with Gasteiger partial charge in [-0.05, 0) is 49.2 Å². The largest absolute Gasteiger partial charge is 0.438 e. The lowest BCUT2D eigenvalue weighted by atomic mass is 10.2. The zero-order valence-corrected chi connectivity index (χ0v) is 18.0. The maximum absolute atomic E-state index is 12.6. The lowest BCUT2D eigenvalue weighted by Gasteiger charge is -2.13. The van der Waals surface area contributed by atoms with Crippen molar-refractivity contribution in [3.63, 3.8) is 0 Å². The van der Waals surface area contributed by atoms with E-state index in [1.54, 1.807) is 48.5 Å². The summed E-state index contributed by atoms with van der Waals surface area (Å²) in [7, 11) is -3.74. The quantitative estimate of drug-likeness (QED) is 0.540. The Bertz CT molecular complexity index is 1180. The van der Waals surface area contributed by atoms with Gasteiger partial charge in [0.15, 0.2) is 0 Å². The number of carbonyl (C=O) groups excluding carboxylic acids is 1. The molecule has 1 amide bonds. The number of hydrogen-bond donors (Lipinski definition) is 2. The van der Waals surface area contributed by atoms with Crippen molar-refractivity contribution in [2.45, 2.75) is 23.8 Å². The van der Waals surface area contributed by atoms with Crippen LogP contribution < -0.4 is 14.8 Å². The smallest absolute Gasteiger partial charge is 0.261 e. The van der Waals surface area contributed by atoms with E-state index >= 15 is 0 Å². The number of nitrogens with one attached hydrogen (secondary N) is 2. The van der Waals surface area contributed by atoms with Crippen molar-refractivity contribution in [2.24, 2.45) is 0 Å². The summed E-state index contributed by atoms with van der Waals surface area (Å²) in [5.74, 6) is 0.148. The van der Waals surface area contributed by atoms with Crippen LogP contribution in [0.2, 0.25) is 0 Å². The van der Waals surface area contributed by atoms with Crippen LogP contribution in [0.5, 0.6) is 11.6 Å². The molecule has 0 radical (unpaired) electrons. The van der Waals surface area contributed by atoms with Gasteiger partial charge in [0.25, 0.3) is 15.9 Å². The molecule has 0 bridgehead atoms. The molecule has 4 rings (SSSR count). The number of pyridine rings is 1. The molecule has 166 valence electrons. The van der Waals surface area contributed by atoms with Gasteiger partial charge < -0.3 is 14.8 Å². The molecule has 0 spiro atoms. The average Bonchev–Trinajstić information content (AvgIpc) is 3.32. The zero-order valence-electron chi connectivity index (χ0n) is 17.2. The lowest BCUT2D eigenvalue weighted by Crippen LogP contribution is -2.32. The van der Waals surface area contributed by atoms with E-state index in [9.17, 15) is 13.2 Å². The summed E-state index contributed by atoms with van der Waals surface area (Å²) >= 11 is 0. The Morgan fingerprint density at radius 2 is 1.94 bits per heavy atom. The molecule has 1 aliphatic heterocycles. The lowest BCUT2D eigenvalue weighted by molar-refractivity contribution is 0.0855. The number of ether oxygens (including phenoxy) is 2. The van der Waals surface area contributed by atoms with Crippen LogP contribution in [-0.2, 0) is 14.8 Å². The first-order chi connectivity index (χ1) is 15.5. The van der Waals surface area contributed by atoms with Crippen molar-refractivity contribution in [1.82, 2.24) is 10.3 Å². The predicted octanol–water partition coefficient (Wildman–Crippen LogP) is 3.58. The minimum Gasteiger partial charge on any atom is -0.438 e. The summed E-state index contributed by atoms with van der Waals surface area (Å²) in [5, 5.41) is 2.85. The highest BCUT2D eigenvalue weighted by atomic mass is 32.2. The summed E-state index contributed by atoms with van der Waals surface area (Å²) in [6, 6.07) is 17.8. The molecule has 1 aromatic heterocycles. The number of rotatable bonds is 8. The molecule has 3 aromatic rings. The molecule has 0 aliphatic carbocycles. The highest BCUT2D eigenvalue weighted by Gasteiger charge is 2.19. The third-order valence-electron chi connectivity index (χ3n) is 4.88. The molecule has 2 aromatic carbocycles. The van der Waals surface area contributed by atoms with Crippen molar-refractivity contribution < 1.29 is 22.7 Å². The van der Waals surface area contributed by atoms with Gasteiger partial charge in [0.1, 0.15) is 11.3 Å². The van der Waals surface area contributed by atoms with Gasteiger partial charge in [-0.2, -0.15) is 0 Å². The van der Waals surface area contributed by atoms with Crippen LogP contribution in [0.15, 0.2) is 77.8 Å². The molecule has 2 heterocycles. The number of anilines is 1. The first-order valence-corrected chi connectivity index (χ1v) is 11.7. The number of hydrogen-bond acceptors (Lipinski definition) is 6. The van der Waals surface area contributed by atoms with E-state index in [1.165, 1.54) is 24.4 Å². The van der Waals surface area contributed by atoms with Gasteiger partial charge in [-0.3, -0.25) is 9.52 Å². The number of amides is 1. The van der Waals surface area contributed by atoms with Crippen LogP contribution >= 0.6 is 0 Å². The van der Waals surface area contributed by atoms with Crippen LogP contribution in [0.3, 0.4) is 0 Å². The minimum absolute atomic E-state index is 0.0225. The maximum Gasteiger partial charge on any atom is 0.261 e.